The summed E-state index contributed by atoms with van der Waals surface area (Å²) in [5, 5.41) is 13.0. The first-order chi connectivity index (χ1) is 5.00. The third-order valence-electron chi connectivity index (χ3n) is 0.899. The first-order valence-corrected chi connectivity index (χ1v) is 3.05. The van der Waals surface area contributed by atoms with Crippen molar-refractivity contribution < 1.29 is 0 Å². The molecule has 2 heterocycles. The molecule has 0 saturated heterocycles. The van der Waals surface area contributed by atoms with E-state index in [0.717, 1.165) is 13.0 Å². The van der Waals surface area contributed by atoms with Crippen LogP contribution in [0.2, 0.25) is 0 Å². The van der Waals surface area contributed by atoms with Crippen LogP contribution in [-0.4, -0.2) is 28.2 Å². The van der Waals surface area contributed by atoms with Gasteiger partial charge in [0.25, 0.3) is 0 Å². The molecule has 0 aromatic carbocycles. The molecule has 0 aliphatic carbocycles. The number of hydrogen-bond acceptors (Lipinski definition) is 4. The molecule has 1 aliphatic heterocycles. The van der Waals surface area contributed by atoms with E-state index >= 15 is 0 Å². The Kier molecular flexibility index (Phi) is 3.02. The van der Waals surface area contributed by atoms with Crippen molar-refractivity contribution in [2.75, 3.05) is 6.54 Å². The minimum absolute atomic E-state index is 1.03. The quantitative estimate of drug-likeness (QED) is 0.521. The average molecular weight is 139 g/mol. The van der Waals surface area contributed by atoms with Gasteiger partial charge in [-0.1, -0.05) is 5.21 Å². The van der Waals surface area contributed by atoms with Crippen LogP contribution in [0.5, 0.6) is 0 Å². The van der Waals surface area contributed by atoms with Crippen LogP contribution in [-0.2, 0) is 0 Å². The number of nitrogens with zero attached hydrogens (tertiary/aromatic N) is 3. The smallest absolute Gasteiger partial charge is 0.0690 e. The summed E-state index contributed by atoms with van der Waals surface area (Å²) < 4.78 is 0. The minimum Gasteiger partial charge on any atom is -0.310 e. The van der Waals surface area contributed by atoms with Gasteiger partial charge in [-0.05, 0) is 0 Å². The van der Waals surface area contributed by atoms with Gasteiger partial charge in [-0.25, -0.2) is 0 Å². The molecule has 1 aromatic rings. The van der Waals surface area contributed by atoms with Crippen LogP contribution in [0.3, 0.4) is 0 Å². The lowest BCUT2D eigenvalue weighted by molar-refractivity contribution is 0.813. The fourth-order valence-corrected chi connectivity index (χ4v) is 0.489. The van der Waals surface area contributed by atoms with Crippen LogP contribution >= 0.6 is 0 Å². The molecule has 0 atom stereocenters. The Morgan fingerprint density at radius 1 is 1.40 bits per heavy atom. The van der Waals surface area contributed by atoms with Gasteiger partial charge in [0.1, 0.15) is 0 Å². The summed E-state index contributed by atoms with van der Waals surface area (Å²) in [7, 11) is 0. The van der Waals surface area contributed by atoms with Gasteiger partial charge in [-0.2, -0.15) is 5.10 Å². The highest BCUT2D eigenvalue weighted by Gasteiger charge is 1.83. The molecule has 1 aromatic heterocycles. The van der Waals surface area contributed by atoms with Crippen molar-refractivity contribution >= 4 is 6.21 Å². The van der Waals surface area contributed by atoms with Gasteiger partial charge < -0.3 is 5.43 Å². The third kappa shape index (κ3) is 2.81. The Morgan fingerprint density at radius 2 is 2.40 bits per heavy atom. The Bertz CT molecular complexity index is 145. The second-order valence-electron chi connectivity index (χ2n) is 1.67. The summed E-state index contributed by atoms with van der Waals surface area (Å²) in [5.74, 6) is 0. The van der Waals surface area contributed by atoms with Crippen LogP contribution in [0.4, 0.5) is 0 Å². The number of aromatic amines is 1. The second-order valence-corrected chi connectivity index (χ2v) is 1.67. The number of nitrogens with one attached hydrogen (secondary N) is 2. The molecule has 1 aliphatic rings. The second kappa shape index (κ2) is 4.49. The lowest BCUT2D eigenvalue weighted by Crippen LogP contribution is -1.96. The molecule has 0 fully saturated rings. The van der Waals surface area contributed by atoms with Gasteiger partial charge in [0.05, 0.1) is 6.20 Å². The van der Waals surface area contributed by atoms with E-state index in [-0.39, 0.29) is 0 Å². The van der Waals surface area contributed by atoms with Crippen LogP contribution in [0.1, 0.15) is 6.42 Å². The highest BCUT2D eigenvalue weighted by Crippen LogP contribution is 1.75. The molecule has 10 heavy (non-hydrogen) atoms. The Balaban J connectivity index is 0.0000001000. The van der Waals surface area contributed by atoms with E-state index in [0.29, 0.717) is 0 Å². The van der Waals surface area contributed by atoms with Crippen molar-refractivity contribution in [3.05, 3.63) is 12.4 Å². The largest absolute Gasteiger partial charge is 0.310 e. The van der Waals surface area contributed by atoms with Crippen molar-refractivity contribution in [1.29, 1.82) is 0 Å². The summed E-state index contributed by atoms with van der Waals surface area (Å²) in [6, 6.07) is 0. The monoisotopic (exact) mass is 139 g/mol. The third-order valence-corrected chi connectivity index (χ3v) is 0.899. The molecule has 0 saturated carbocycles. The molecule has 54 valence electrons. The zero-order valence-corrected chi connectivity index (χ0v) is 5.49. The number of H-pyrrole nitrogens is 1. The maximum atomic E-state index is 3.71. The van der Waals surface area contributed by atoms with Crippen LogP contribution in [0.25, 0.3) is 0 Å². The van der Waals surface area contributed by atoms with Crippen molar-refractivity contribution in [1.82, 2.24) is 20.8 Å². The molecule has 0 radical (unpaired) electrons. The number of hydrogen-bond donors (Lipinski definition) is 2. The van der Waals surface area contributed by atoms with E-state index in [2.05, 4.69) is 25.9 Å². The van der Waals surface area contributed by atoms with Gasteiger partial charge in [0.15, 0.2) is 0 Å². The van der Waals surface area contributed by atoms with Crippen LogP contribution < -0.4 is 5.43 Å². The maximum absolute atomic E-state index is 3.71. The molecular formula is C5H9N5. The highest BCUT2D eigenvalue weighted by atomic mass is 15.3. The molecule has 0 amide bonds. The molecule has 5 heteroatoms. The SMILES string of the molecule is C1=NNCC1.c1c[nH]nn1. The molecule has 2 rings (SSSR count). The summed E-state index contributed by atoms with van der Waals surface area (Å²) in [5.41, 5.74) is 2.79. The lowest BCUT2D eigenvalue weighted by Gasteiger charge is -1.76. The Hall–Kier alpha value is -1.39. The van der Waals surface area contributed by atoms with Gasteiger partial charge in [-0.15, -0.1) is 5.10 Å². The molecule has 0 bridgehead atoms. The first kappa shape index (κ1) is 6.73. The molecule has 0 unspecified atom stereocenters. The molecule has 5 nitrogen and oxygen atoms in total. The van der Waals surface area contributed by atoms with Gasteiger partial charge in [0.2, 0.25) is 0 Å². The Labute approximate surface area is 58.5 Å². The maximum Gasteiger partial charge on any atom is 0.0690 e. The van der Waals surface area contributed by atoms with Crippen molar-refractivity contribution in [2.24, 2.45) is 5.10 Å². The normalized spacial score (nSPS) is 13.6. The number of hydrazone groups is 1. The van der Waals surface area contributed by atoms with Crippen LogP contribution in [0, 0.1) is 0 Å². The zero-order chi connectivity index (χ0) is 7.07. The fraction of sp³-hybridized carbons (Fsp3) is 0.400. The summed E-state index contributed by atoms with van der Waals surface area (Å²) in [6.45, 7) is 1.03. The first-order valence-electron chi connectivity index (χ1n) is 3.05. The fourth-order valence-electron chi connectivity index (χ4n) is 0.489. The van der Waals surface area contributed by atoms with Crippen molar-refractivity contribution in [3.63, 3.8) is 0 Å². The molecule has 0 spiro atoms. The topological polar surface area (TPSA) is 66.0 Å². The van der Waals surface area contributed by atoms with E-state index in [9.17, 15) is 0 Å². The van der Waals surface area contributed by atoms with E-state index in [1.807, 2.05) is 6.21 Å². The van der Waals surface area contributed by atoms with Gasteiger partial charge in [-0.3, -0.25) is 5.10 Å². The Morgan fingerprint density at radius 3 is 2.60 bits per heavy atom. The highest BCUT2D eigenvalue weighted by molar-refractivity contribution is 5.58. The summed E-state index contributed by atoms with van der Waals surface area (Å²) in [4.78, 5) is 0. The van der Waals surface area contributed by atoms with Gasteiger partial charge >= 0.3 is 0 Å². The van der Waals surface area contributed by atoms with E-state index < -0.39 is 0 Å². The number of aromatic nitrogens is 3. The molecule has 2 N–H and O–H groups in total. The van der Waals surface area contributed by atoms with Crippen LogP contribution in [0.15, 0.2) is 17.5 Å². The van der Waals surface area contributed by atoms with Crippen molar-refractivity contribution in [3.8, 4) is 0 Å². The van der Waals surface area contributed by atoms with Gasteiger partial charge in [0, 0.05) is 25.4 Å². The number of rotatable bonds is 0. The molecular weight excluding hydrogens is 130 g/mol. The summed E-state index contributed by atoms with van der Waals surface area (Å²) in [6.07, 6.45) is 6.21. The van der Waals surface area contributed by atoms with E-state index in [1.54, 1.807) is 12.4 Å². The predicted octanol–water partition coefficient (Wildman–Crippen LogP) is -0.230. The van der Waals surface area contributed by atoms with E-state index in [4.69, 9.17) is 0 Å². The van der Waals surface area contributed by atoms with E-state index in [1.165, 1.54) is 0 Å². The standard InChI is InChI=1S/C3H6N2.C2H3N3/c2*1-2-4-5-3-1/h2,5H,1,3H2;1-2H,(H,3,4,5). The lowest BCUT2D eigenvalue weighted by atomic mass is 10.5. The zero-order valence-electron chi connectivity index (χ0n) is 5.49. The predicted molar refractivity (Wildman–Crippen MR) is 37.5 cm³/mol. The summed E-state index contributed by atoms with van der Waals surface area (Å²) >= 11 is 0. The minimum atomic E-state index is 1.03. The van der Waals surface area contributed by atoms with Crippen molar-refractivity contribution in [2.45, 2.75) is 6.42 Å². The average Bonchev–Trinajstić information content (AvgIpc) is 2.67.